The van der Waals surface area contributed by atoms with Gasteiger partial charge in [-0.3, -0.25) is 9.20 Å². The first-order valence-electron chi connectivity index (χ1n) is 9.35. The Kier molecular flexibility index (Phi) is 5.18. The van der Waals surface area contributed by atoms with E-state index < -0.39 is 18.3 Å². The third-order valence-electron chi connectivity index (χ3n) is 4.96. The molecule has 0 fully saturated rings. The second kappa shape index (κ2) is 7.92. The van der Waals surface area contributed by atoms with Crippen LogP contribution < -0.4 is 10.1 Å². The van der Waals surface area contributed by atoms with Gasteiger partial charge in [-0.25, -0.2) is 9.78 Å². The van der Waals surface area contributed by atoms with Gasteiger partial charge in [-0.15, -0.1) is 0 Å². The molecule has 29 heavy (non-hydrogen) atoms. The summed E-state index contributed by atoms with van der Waals surface area (Å²) in [4.78, 5) is 27.9. The molecule has 0 unspecified atom stereocenters. The normalized spacial score (nSPS) is 17.7. The zero-order chi connectivity index (χ0) is 20.4. The first-order chi connectivity index (χ1) is 14.1. The van der Waals surface area contributed by atoms with Gasteiger partial charge in [-0.1, -0.05) is 24.3 Å². The van der Waals surface area contributed by atoms with Crippen molar-refractivity contribution in [3.8, 4) is 5.75 Å². The summed E-state index contributed by atoms with van der Waals surface area (Å²) in [7, 11) is 0. The number of rotatable bonds is 6. The molecule has 0 spiro atoms. The van der Waals surface area contributed by atoms with Gasteiger partial charge >= 0.3 is 6.09 Å². The molecule has 0 saturated carbocycles. The maximum Gasteiger partial charge on any atom is 0.407 e. The number of amides is 1. The predicted molar refractivity (Wildman–Crippen MR) is 104 cm³/mol. The second-order valence-corrected chi connectivity index (χ2v) is 6.80. The molecule has 0 aliphatic heterocycles. The van der Waals surface area contributed by atoms with Crippen LogP contribution in [0.2, 0.25) is 0 Å². The summed E-state index contributed by atoms with van der Waals surface area (Å²) in [5, 5.41) is 11.4. The van der Waals surface area contributed by atoms with Gasteiger partial charge in [-0.2, -0.15) is 0 Å². The van der Waals surface area contributed by atoms with Crippen LogP contribution in [-0.4, -0.2) is 46.1 Å². The van der Waals surface area contributed by atoms with E-state index in [-0.39, 0.29) is 13.2 Å². The van der Waals surface area contributed by atoms with Gasteiger partial charge in [0, 0.05) is 19.2 Å². The molecule has 0 saturated heterocycles. The number of nitrogens with one attached hydrogen (secondary N) is 1. The number of ether oxygens (including phenoxy) is 2. The van der Waals surface area contributed by atoms with Gasteiger partial charge in [0.1, 0.15) is 11.8 Å². The van der Waals surface area contributed by atoms with Crippen molar-refractivity contribution >= 4 is 18.0 Å². The van der Waals surface area contributed by atoms with Crippen LogP contribution in [0.3, 0.4) is 0 Å². The average Bonchev–Trinajstić information content (AvgIpc) is 3.23. The SMILES string of the molecule is Cc1nc2c(O[C@@H]3c4ccccc4C[C@H]3OC(=O)NCCO)cccn2c1C=O. The molecule has 2 atom stereocenters. The van der Waals surface area contributed by atoms with Gasteiger partial charge in [0.25, 0.3) is 0 Å². The molecule has 2 heterocycles. The van der Waals surface area contributed by atoms with E-state index in [1.807, 2.05) is 24.3 Å². The minimum Gasteiger partial charge on any atom is -0.478 e. The number of aliphatic hydroxyl groups is 1. The van der Waals surface area contributed by atoms with Crippen LogP contribution in [0.1, 0.15) is 33.4 Å². The Morgan fingerprint density at radius 3 is 2.97 bits per heavy atom. The smallest absolute Gasteiger partial charge is 0.407 e. The third kappa shape index (κ3) is 3.54. The number of aryl methyl sites for hydroxylation is 1. The Balaban J connectivity index is 1.67. The van der Waals surface area contributed by atoms with Crippen LogP contribution in [-0.2, 0) is 11.2 Å². The zero-order valence-electron chi connectivity index (χ0n) is 15.9. The van der Waals surface area contributed by atoms with Crippen LogP contribution in [0, 0.1) is 6.92 Å². The number of pyridine rings is 1. The Hall–Kier alpha value is -3.39. The number of aldehydes is 1. The lowest BCUT2D eigenvalue weighted by molar-refractivity contribution is 0.0260. The van der Waals surface area contributed by atoms with Crippen molar-refractivity contribution in [1.82, 2.24) is 14.7 Å². The predicted octanol–water partition coefficient (Wildman–Crippen LogP) is 2.22. The van der Waals surface area contributed by atoms with Crippen molar-refractivity contribution in [2.45, 2.75) is 25.6 Å². The number of carbonyl (C=O) groups is 2. The molecule has 8 heteroatoms. The van der Waals surface area contributed by atoms with E-state index in [9.17, 15) is 9.59 Å². The number of fused-ring (bicyclic) bond motifs is 2. The van der Waals surface area contributed by atoms with Crippen molar-refractivity contribution in [1.29, 1.82) is 0 Å². The minimum absolute atomic E-state index is 0.116. The topological polar surface area (TPSA) is 102 Å². The summed E-state index contributed by atoms with van der Waals surface area (Å²) in [6.45, 7) is 1.72. The van der Waals surface area contributed by atoms with Crippen molar-refractivity contribution < 1.29 is 24.2 Å². The number of alkyl carbamates (subject to hydrolysis) is 1. The van der Waals surface area contributed by atoms with Crippen LogP contribution in [0.15, 0.2) is 42.6 Å². The number of aliphatic hydroxyl groups excluding tert-OH is 1. The lowest BCUT2D eigenvalue weighted by atomic mass is 10.1. The number of hydrogen-bond donors (Lipinski definition) is 2. The van der Waals surface area contributed by atoms with Crippen LogP contribution in [0.5, 0.6) is 5.75 Å². The number of benzene rings is 1. The third-order valence-corrected chi connectivity index (χ3v) is 4.96. The van der Waals surface area contributed by atoms with E-state index in [4.69, 9.17) is 14.6 Å². The fourth-order valence-electron chi connectivity index (χ4n) is 3.65. The molecule has 1 aliphatic carbocycles. The maximum atomic E-state index is 12.1. The van der Waals surface area contributed by atoms with Gasteiger partial charge in [0.05, 0.1) is 12.3 Å². The minimum atomic E-state index is -0.608. The highest BCUT2D eigenvalue weighted by molar-refractivity contribution is 5.77. The molecule has 1 aromatic carbocycles. The van der Waals surface area contributed by atoms with E-state index in [0.717, 1.165) is 17.4 Å². The van der Waals surface area contributed by atoms with Crippen molar-refractivity contribution in [2.75, 3.05) is 13.2 Å². The number of imidazole rings is 1. The maximum absolute atomic E-state index is 12.1. The molecule has 0 bridgehead atoms. The largest absolute Gasteiger partial charge is 0.478 e. The molecule has 1 amide bonds. The molecule has 150 valence electrons. The lowest BCUT2D eigenvalue weighted by Gasteiger charge is -2.22. The van der Waals surface area contributed by atoms with Gasteiger partial charge in [0.2, 0.25) is 0 Å². The summed E-state index contributed by atoms with van der Waals surface area (Å²) in [6, 6.07) is 11.3. The molecule has 4 rings (SSSR count). The van der Waals surface area contributed by atoms with Crippen LogP contribution in [0.4, 0.5) is 4.79 Å². The molecule has 0 radical (unpaired) electrons. The van der Waals surface area contributed by atoms with Crippen molar-refractivity contribution in [3.05, 3.63) is 65.1 Å². The highest BCUT2D eigenvalue weighted by Gasteiger charge is 2.37. The van der Waals surface area contributed by atoms with Crippen LogP contribution >= 0.6 is 0 Å². The Morgan fingerprint density at radius 2 is 2.17 bits per heavy atom. The highest BCUT2D eigenvalue weighted by atomic mass is 16.6. The monoisotopic (exact) mass is 395 g/mol. The van der Waals surface area contributed by atoms with Gasteiger partial charge in [0.15, 0.2) is 23.8 Å². The average molecular weight is 395 g/mol. The highest BCUT2D eigenvalue weighted by Crippen LogP contribution is 2.38. The van der Waals surface area contributed by atoms with E-state index in [1.165, 1.54) is 0 Å². The van der Waals surface area contributed by atoms with Gasteiger partial charge < -0.3 is 19.9 Å². The first-order valence-corrected chi connectivity index (χ1v) is 9.35. The fourth-order valence-corrected chi connectivity index (χ4v) is 3.65. The Bertz CT molecular complexity index is 1060. The van der Waals surface area contributed by atoms with E-state index >= 15 is 0 Å². The summed E-state index contributed by atoms with van der Waals surface area (Å²) >= 11 is 0. The van der Waals surface area contributed by atoms with Crippen LogP contribution in [0.25, 0.3) is 5.65 Å². The summed E-state index contributed by atoms with van der Waals surface area (Å²) in [5.41, 5.74) is 3.58. The molecule has 2 N–H and O–H groups in total. The van der Waals surface area contributed by atoms with Crippen molar-refractivity contribution in [2.24, 2.45) is 0 Å². The number of nitrogens with zero attached hydrogens (tertiary/aromatic N) is 2. The Labute approximate surface area is 167 Å². The van der Waals surface area contributed by atoms with E-state index in [2.05, 4.69) is 10.3 Å². The van der Waals surface area contributed by atoms with Gasteiger partial charge in [-0.05, 0) is 30.2 Å². The molecular weight excluding hydrogens is 374 g/mol. The van der Waals surface area contributed by atoms with E-state index in [1.54, 1.807) is 29.7 Å². The Morgan fingerprint density at radius 1 is 1.34 bits per heavy atom. The molecular formula is C21H21N3O5. The molecule has 8 nitrogen and oxygen atoms in total. The first kappa shape index (κ1) is 18.9. The summed E-state index contributed by atoms with van der Waals surface area (Å²) < 4.78 is 13.5. The summed E-state index contributed by atoms with van der Waals surface area (Å²) in [5.74, 6) is 0.495. The van der Waals surface area contributed by atoms with Crippen molar-refractivity contribution in [3.63, 3.8) is 0 Å². The fraction of sp³-hybridized carbons (Fsp3) is 0.286. The summed E-state index contributed by atoms with van der Waals surface area (Å²) in [6.07, 6.45) is 1.38. The number of carbonyl (C=O) groups excluding carboxylic acids is 2. The zero-order valence-corrected chi connectivity index (χ0v) is 15.9. The lowest BCUT2D eigenvalue weighted by Crippen LogP contribution is -2.34. The molecule has 2 aromatic heterocycles. The number of hydrogen-bond acceptors (Lipinski definition) is 6. The molecule has 1 aliphatic rings. The number of aromatic nitrogens is 2. The second-order valence-electron chi connectivity index (χ2n) is 6.80. The quantitative estimate of drug-likeness (QED) is 0.621. The van der Waals surface area contributed by atoms with E-state index in [0.29, 0.717) is 29.2 Å². The standard InChI is InChI=1S/C21H21N3O5/c1-13-16(12-26)24-9-4-7-17(20(24)23-13)28-19-15-6-3-2-5-14(15)11-18(19)29-21(27)22-8-10-25/h2-7,9,12,18-19,25H,8,10-11H2,1H3,(H,22,27)/t18-,19-/m1/s1. The molecule has 3 aromatic rings.